The first-order valence-electron chi connectivity index (χ1n) is 7.15. The Morgan fingerprint density at radius 3 is 2.39 bits per heavy atom. The largest absolute Gasteiger partial charge is 0.332 e. The van der Waals surface area contributed by atoms with Crippen molar-refractivity contribution >= 4 is 17.2 Å². The van der Waals surface area contributed by atoms with E-state index in [1.54, 1.807) is 6.20 Å². The zero-order valence-corrected chi connectivity index (χ0v) is 13.1. The molecule has 0 saturated heterocycles. The zero-order valence-electron chi connectivity index (χ0n) is 12.3. The summed E-state index contributed by atoms with van der Waals surface area (Å²) in [7, 11) is 0. The second-order valence-electron chi connectivity index (χ2n) is 4.80. The molecule has 0 fully saturated rings. The van der Waals surface area contributed by atoms with E-state index in [4.69, 9.17) is 0 Å². The summed E-state index contributed by atoms with van der Waals surface area (Å²) in [6.07, 6.45) is 1.73. The van der Waals surface area contributed by atoms with Gasteiger partial charge in [-0.3, -0.25) is 4.79 Å². The van der Waals surface area contributed by atoms with Crippen molar-refractivity contribution in [2.45, 2.75) is 6.04 Å². The lowest BCUT2D eigenvalue weighted by Gasteiger charge is -2.15. The van der Waals surface area contributed by atoms with Crippen molar-refractivity contribution in [2.24, 2.45) is 0 Å². The summed E-state index contributed by atoms with van der Waals surface area (Å²) in [5, 5.41) is 5.68. The number of hydrogen-bond acceptors (Lipinski definition) is 3. The van der Waals surface area contributed by atoms with Crippen LogP contribution in [-0.2, 0) is 4.79 Å². The number of aromatic nitrogens is 1. The molecule has 1 N–H and O–H groups in total. The first kappa shape index (κ1) is 15.0. The molecule has 0 aliphatic rings. The first-order valence-corrected chi connectivity index (χ1v) is 8.03. The van der Waals surface area contributed by atoms with E-state index >= 15 is 0 Å². The minimum atomic E-state index is -0.321. The van der Waals surface area contributed by atoms with Crippen LogP contribution in [0.25, 0.3) is 0 Å². The lowest BCUT2D eigenvalue weighted by atomic mass is 10.1. The number of nitrogens with zero attached hydrogens (tertiary/aromatic N) is 1. The van der Waals surface area contributed by atoms with Gasteiger partial charge in [0, 0.05) is 23.1 Å². The summed E-state index contributed by atoms with van der Waals surface area (Å²) in [4.78, 5) is 16.5. The SMILES string of the molecule is O=C(C#Cc1ccccc1)N[C@H](c1ccccc1)c1nccs1. The average molecular weight is 318 g/mol. The van der Waals surface area contributed by atoms with Gasteiger partial charge in [-0.25, -0.2) is 4.98 Å². The fourth-order valence-electron chi connectivity index (χ4n) is 2.13. The zero-order chi connectivity index (χ0) is 15.9. The van der Waals surface area contributed by atoms with Crippen LogP contribution < -0.4 is 5.32 Å². The predicted molar refractivity (Wildman–Crippen MR) is 91.9 cm³/mol. The van der Waals surface area contributed by atoms with Crippen LogP contribution in [0.15, 0.2) is 72.2 Å². The molecule has 1 atom stereocenters. The van der Waals surface area contributed by atoms with Crippen LogP contribution in [0.5, 0.6) is 0 Å². The topological polar surface area (TPSA) is 42.0 Å². The second kappa shape index (κ2) is 7.39. The molecule has 23 heavy (non-hydrogen) atoms. The standard InChI is InChI=1S/C19H14N2OS/c22-17(12-11-15-7-3-1-4-8-15)21-18(19-20-13-14-23-19)16-9-5-2-6-10-16/h1-10,13-14,18H,(H,21,22)/t18-/m1/s1. The molecule has 1 heterocycles. The van der Waals surface area contributed by atoms with Crippen LogP contribution in [0.3, 0.4) is 0 Å². The molecule has 0 aliphatic heterocycles. The van der Waals surface area contributed by atoms with E-state index < -0.39 is 0 Å². The Bertz CT molecular complexity index is 818. The minimum Gasteiger partial charge on any atom is -0.332 e. The van der Waals surface area contributed by atoms with Crippen molar-refractivity contribution in [1.29, 1.82) is 0 Å². The summed E-state index contributed by atoms with van der Waals surface area (Å²) in [5.41, 5.74) is 1.80. The number of nitrogens with one attached hydrogen (secondary N) is 1. The Morgan fingerprint density at radius 1 is 1.04 bits per heavy atom. The number of benzene rings is 2. The van der Waals surface area contributed by atoms with Crippen LogP contribution in [0, 0.1) is 11.8 Å². The van der Waals surface area contributed by atoms with Gasteiger partial charge in [-0.05, 0) is 17.7 Å². The third kappa shape index (κ3) is 4.06. The molecule has 112 valence electrons. The van der Waals surface area contributed by atoms with Gasteiger partial charge in [-0.1, -0.05) is 54.5 Å². The molecule has 0 spiro atoms. The van der Waals surface area contributed by atoms with E-state index in [1.165, 1.54) is 11.3 Å². The smallest absolute Gasteiger partial charge is 0.297 e. The van der Waals surface area contributed by atoms with Crippen molar-refractivity contribution in [3.05, 3.63) is 88.4 Å². The third-order valence-electron chi connectivity index (χ3n) is 3.20. The van der Waals surface area contributed by atoms with Gasteiger partial charge in [-0.15, -0.1) is 11.3 Å². The summed E-state index contributed by atoms with van der Waals surface area (Å²) in [6.45, 7) is 0. The number of carbonyl (C=O) groups is 1. The highest BCUT2D eigenvalue weighted by atomic mass is 32.1. The van der Waals surface area contributed by atoms with Crippen molar-refractivity contribution in [3.63, 3.8) is 0 Å². The van der Waals surface area contributed by atoms with Gasteiger partial charge >= 0.3 is 0 Å². The molecule has 3 aromatic rings. The van der Waals surface area contributed by atoms with Crippen LogP contribution in [0.2, 0.25) is 0 Å². The Morgan fingerprint density at radius 2 is 1.74 bits per heavy atom. The van der Waals surface area contributed by atoms with Crippen LogP contribution >= 0.6 is 11.3 Å². The van der Waals surface area contributed by atoms with Gasteiger partial charge in [0.2, 0.25) is 0 Å². The second-order valence-corrected chi connectivity index (χ2v) is 5.73. The molecule has 3 rings (SSSR count). The normalized spacial score (nSPS) is 11.1. The number of rotatable bonds is 3. The van der Waals surface area contributed by atoms with Gasteiger partial charge in [0.25, 0.3) is 5.91 Å². The predicted octanol–water partition coefficient (Wildman–Crippen LogP) is 3.40. The van der Waals surface area contributed by atoms with Crippen molar-refractivity contribution in [3.8, 4) is 11.8 Å². The summed E-state index contributed by atoms with van der Waals surface area (Å²) < 4.78 is 0. The summed E-state index contributed by atoms with van der Waals surface area (Å²) in [6, 6.07) is 18.9. The number of hydrogen-bond donors (Lipinski definition) is 1. The van der Waals surface area contributed by atoms with Gasteiger partial charge in [0.05, 0.1) is 0 Å². The van der Waals surface area contributed by atoms with E-state index in [0.717, 1.165) is 16.1 Å². The Hall–Kier alpha value is -2.90. The maximum Gasteiger partial charge on any atom is 0.297 e. The van der Waals surface area contributed by atoms with E-state index in [9.17, 15) is 4.79 Å². The molecular formula is C19H14N2OS. The van der Waals surface area contributed by atoms with Gasteiger partial charge in [-0.2, -0.15) is 0 Å². The highest BCUT2D eigenvalue weighted by Crippen LogP contribution is 2.23. The molecule has 3 nitrogen and oxygen atoms in total. The Kier molecular flexibility index (Phi) is 4.82. The number of thiazole rings is 1. The molecule has 2 aromatic carbocycles. The fraction of sp³-hybridized carbons (Fsp3) is 0.0526. The molecule has 1 aromatic heterocycles. The van der Waals surface area contributed by atoms with E-state index in [2.05, 4.69) is 22.1 Å². The summed E-state index contributed by atoms with van der Waals surface area (Å²) >= 11 is 1.51. The van der Waals surface area contributed by atoms with Gasteiger partial charge in [0.15, 0.2) is 0 Å². The van der Waals surface area contributed by atoms with Crippen LogP contribution in [0.1, 0.15) is 22.2 Å². The molecule has 0 saturated carbocycles. The van der Waals surface area contributed by atoms with Crippen LogP contribution in [0.4, 0.5) is 0 Å². The molecular weight excluding hydrogens is 304 g/mol. The maximum absolute atomic E-state index is 12.2. The quantitative estimate of drug-likeness (QED) is 0.752. The average Bonchev–Trinajstić information content (AvgIpc) is 3.14. The monoisotopic (exact) mass is 318 g/mol. The molecule has 0 aliphatic carbocycles. The molecule has 0 bridgehead atoms. The van der Waals surface area contributed by atoms with Crippen LogP contribution in [-0.4, -0.2) is 10.9 Å². The maximum atomic E-state index is 12.2. The van der Waals surface area contributed by atoms with Crippen molar-refractivity contribution in [1.82, 2.24) is 10.3 Å². The molecule has 4 heteroatoms. The minimum absolute atomic E-state index is 0.284. The van der Waals surface area contributed by atoms with E-state index in [0.29, 0.717) is 0 Å². The number of amides is 1. The van der Waals surface area contributed by atoms with Gasteiger partial charge < -0.3 is 5.32 Å². The lowest BCUT2D eigenvalue weighted by Crippen LogP contribution is -2.28. The van der Waals surface area contributed by atoms with E-state index in [1.807, 2.05) is 66.0 Å². The summed E-state index contributed by atoms with van der Waals surface area (Å²) in [5.74, 6) is 5.18. The Labute approximate surface area is 139 Å². The highest BCUT2D eigenvalue weighted by molar-refractivity contribution is 7.09. The lowest BCUT2D eigenvalue weighted by molar-refractivity contribution is -0.116. The molecule has 1 amide bonds. The van der Waals surface area contributed by atoms with Crippen molar-refractivity contribution < 1.29 is 4.79 Å². The fourth-order valence-corrected chi connectivity index (χ4v) is 2.84. The molecule has 0 radical (unpaired) electrons. The first-order chi connectivity index (χ1) is 11.3. The van der Waals surface area contributed by atoms with E-state index in [-0.39, 0.29) is 11.9 Å². The van der Waals surface area contributed by atoms with Gasteiger partial charge in [0.1, 0.15) is 11.0 Å². The molecule has 0 unspecified atom stereocenters. The third-order valence-corrected chi connectivity index (χ3v) is 4.04. The van der Waals surface area contributed by atoms with Crippen molar-refractivity contribution in [2.75, 3.05) is 0 Å². The highest BCUT2D eigenvalue weighted by Gasteiger charge is 2.18. The Balaban J connectivity index is 1.80. The number of carbonyl (C=O) groups excluding carboxylic acids is 1.